The predicted octanol–water partition coefficient (Wildman–Crippen LogP) is 0.315. The van der Waals surface area contributed by atoms with Gasteiger partial charge in [-0.2, -0.15) is 5.10 Å². The Labute approximate surface area is 99.3 Å². The number of rotatable bonds is 5. The zero-order valence-electron chi connectivity index (χ0n) is 9.60. The number of nitrogens with one attached hydrogen (secondary N) is 1. The Morgan fingerprint density at radius 1 is 1.24 bits per heavy atom. The number of hydrogen-bond acceptors (Lipinski definition) is 3. The lowest BCUT2D eigenvalue weighted by Gasteiger charge is -2.04. The Balaban J connectivity index is 2.08. The second-order valence-electron chi connectivity index (χ2n) is 3.87. The summed E-state index contributed by atoms with van der Waals surface area (Å²) in [5.41, 5.74) is 6.52. The second-order valence-corrected chi connectivity index (χ2v) is 3.87. The molecule has 1 heterocycles. The van der Waals surface area contributed by atoms with E-state index in [-0.39, 0.29) is 5.69 Å². The molecule has 0 aliphatic rings. The van der Waals surface area contributed by atoms with E-state index in [1.165, 1.54) is 5.56 Å². The third-order valence-corrected chi connectivity index (χ3v) is 2.67. The molecule has 5 heteroatoms. The first kappa shape index (κ1) is 11.6. The van der Waals surface area contributed by atoms with Gasteiger partial charge in [-0.3, -0.25) is 4.57 Å². The Kier molecular flexibility index (Phi) is 3.72. The molecule has 0 aliphatic heterocycles. The van der Waals surface area contributed by atoms with Gasteiger partial charge in [0.2, 0.25) is 0 Å². The molecule has 0 atom stereocenters. The van der Waals surface area contributed by atoms with Crippen LogP contribution in [0.4, 0.5) is 0 Å². The molecule has 2 aromatic rings. The summed E-state index contributed by atoms with van der Waals surface area (Å²) < 4.78 is 1.65. The zero-order chi connectivity index (χ0) is 12.1. The van der Waals surface area contributed by atoms with Gasteiger partial charge < -0.3 is 5.73 Å². The first-order chi connectivity index (χ1) is 8.31. The van der Waals surface area contributed by atoms with Crippen molar-refractivity contribution < 1.29 is 0 Å². The third-order valence-electron chi connectivity index (χ3n) is 2.67. The Hall–Kier alpha value is -1.88. The number of aromatic amines is 1. The molecule has 0 saturated carbocycles. The predicted molar refractivity (Wildman–Crippen MR) is 65.8 cm³/mol. The van der Waals surface area contributed by atoms with Crippen molar-refractivity contribution in [1.29, 1.82) is 0 Å². The van der Waals surface area contributed by atoms with E-state index in [9.17, 15) is 4.79 Å². The van der Waals surface area contributed by atoms with E-state index in [1.807, 2.05) is 30.3 Å². The highest BCUT2D eigenvalue weighted by Gasteiger charge is 2.06. The molecule has 5 nitrogen and oxygen atoms in total. The van der Waals surface area contributed by atoms with Crippen LogP contribution < -0.4 is 11.4 Å². The highest BCUT2D eigenvalue weighted by atomic mass is 16.1. The van der Waals surface area contributed by atoms with Crippen LogP contribution in [0.2, 0.25) is 0 Å². The molecule has 1 aromatic heterocycles. The van der Waals surface area contributed by atoms with Crippen LogP contribution in [0.5, 0.6) is 0 Å². The molecular formula is C12H16N4O. The highest BCUT2D eigenvalue weighted by Crippen LogP contribution is 2.02. The van der Waals surface area contributed by atoms with Gasteiger partial charge in [0.25, 0.3) is 0 Å². The smallest absolute Gasteiger partial charge is 0.330 e. The number of aryl methyl sites for hydroxylation is 1. The summed E-state index contributed by atoms with van der Waals surface area (Å²) in [5, 5.41) is 6.42. The standard InChI is InChI=1S/C12H16N4O/c13-8-6-11-14-15-12(17)16(11)9-7-10-4-2-1-3-5-10/h1-5H,6-9,13H2,(H,15,17). The van der Waals surface area contributed by atoms with Gasteiger partial charge >= 0.3 is 5.69 Å². The molecular weight excluding hydrogens is 216 g/mol. The van der Waals surface area contributed by atoms with Crippen molar-refractivity contribution in [1.82, 2.24) is 14.8 Å². The molecule has 17 heavy (non-hydrogen) atoms. The monoisotopic (exact) mass is 232 g/mol. The number of H-pyrrole nitrogens is 1. The van der Waals surface area contributed by atoms with Crippen LogP contribution in [0.25, 0.3) is 0 Å². The van der Waals surface area contributed by atoms with Crippen LogP contribution in [-0.4, -0.2) is 21.3 Å². The molecule has 0 saturated heterocycles. The normalized spacial score (nSPS) is 10.6. The molecule has 0 unspecified atom stereocenters. The van der Waals surface area contributed by atoms with E-state index in [2.05, 4.69) is 10.2 Å². The molecule has 3 N–H and O–H groups in total. The molecule has 1 aromatic carbocycles. The van der Waals surface area contributed by atoms with Crippen LogP contribution in [0.15, 0.2) is 35.1 Å². The minimum absolute atomic E-state index is 0.163. The minimum Gasteiger partial charge on any atom is -0.330 e. The highest BCUT2D eigenvalue weighted by molar-refractivity contribution is 5.14. The van der Waals surface area contributed by atoms with Crippen molar-refractivity contribution in [2.75, 3.05) is 6.54 Å². The first-order valence-corrected chi connectivity index (χ1v) is 5.69. The van der Waals surface area contributed by atoms with E-state index in [4.69, 9.17) is 5.73 Å². The maximum Gasteiger partial charge on any atom is 0.343 e. The number of aromatic nitrogens is 3. The molecule has 0 amide bonds. The SMILES string of the molecule is NCCc1n[nH]c(=O)n1CCc1ccccc1. The molecule has 0 radical (unpaired) electrons. The van der Waals surface area contributed by atoms with Crippen molar-refractivity contribution in [2.45, 2.75) is 19.4 Å². The number of nitrogens with two attached hydrogens (primary N) is 1. The van der Waals surface area contributed by atoms with Crippen LogP contribution in [-0.2, 0) is 19.4 Å². The van der Waals surface area contributed by atoms with Gasteiger partial charge in [0.15, 0.2) is 0 Å². The lowest BCUT2D eigenvalue weighted by Crippen LogP contribution is -2.21. The second kappa shape index (κ2) is 5.45. The fourth-order valence-corrected chi connectivity index (χ4v) is 1.79. The lowest BCUT2D eigenvalue weighted by atomic mass is 10.1. The summed E-state index contributed by atoms with van der Waals surface area (Å²) in [6.45, 7) is 1.13. The topological polar surface area (TPSA) is 76.7 Å². The molecule has 90 valence electrons. The number of hydrogen-bond donors (Lipinski definition) is 2. The van der Waals surface area contributed by atoms with Crippen LogP contribution in [0.1, 0.15) is 11.4 Å². The molecule has 0 spiro atoms. The molecule has 0 bridgehead atoms. The van der Waals surface area contributed by atoms with E-state index >= 15 is 0 Å². The van der Waals surface area contributed by atoms with Gasteiger partial charge in [0.05, 0.1) is 0 Å². The van der Waals surface area contributed by atoms with Gasteiger partial charge in [-0.05, 0) is 18.5 Å². The summed E-state index contributed by atoms with van der Waals surface area (Å²) in [5.74, 6) is 0.730. The van der Waals surface area contributed by atoms with E-state index < -0.39 is 0 Å². The lowest BCUT2D eigenvalue weighted by molar-refractivity contribution is 0.631. The van der Waals surface area contributed by atoms with Crippen LogP contribution in [0, 0.1) is 0 Å². The van der Waals surface area contributed by atoms with Gasteiger partial charge in [0, 0.05) is 13.0 Å². The third kappa shape index (κ3) is 2.82. The van der Waals surface area contributed by atoms with Crippen molar-refractivity contribution in [3.8, 4) is 0 Å². The van der Waals surface area contributed by atoms with Crippen molar-refractivity contribution >= 4 is 0 Å². The van der Waals surface area contributed by atoms with Crippen LogP contribution >= 0.6 is 0 Å². The fourth-order valence-electron chi connectivity index (χ4n) is 1.79. The quantitative estimate of drug-likeness (QED) is 0.779. The summed E-state index contributed by atoms with van der Waals surface area (Å²) >= 11 is 0. The van der Waals surface area contributed by atoms with Gasteiger partial charge in [-0.25, -0.2) is 9.89 Å². The van der Waals surface area contributed by atoms with Gasteiger partial charge in [0.1, 0.15) is 5.82 Å². The molecule has 2 rings (SSSR count). The van der Waals surface area contributed by atoms with Crippen molar-refractivity contribution in [3.63, 3.8) is 0 Å². The summed E-state index contributed by atoms with van der Waals surface area (Å²) in [4.78, 5) is 11.5. The number of benzene rings is 1. The number of nitrogens with zero attached hydrogens (tertiary/aromatic N) is 2. The fraction of sp³-hybridized carbons (Fsp3) is 0.333. The van der Waals surface area contributed by atoms with Crippen molar-refractivity contribution in [3.05, 3.63) is 52.2 Å². The Morgan fingerprint density at radius 2 is 2.00 bits per heavy atom. The zero-order valence-corrected chi connectivity index (χ0v) is 9.60. The Morgan fingerprint density at radius 3 is 2.71 bits per heavy atom. The average molecular weight is 232 g/mol. The van der Waals surface area contributed by atoms with Crippen molar-refractivity contribution in [2.24, 2.45) is 5.73 Å². The average Bonchev–Trinajstić information content (AvgIpc) is 2.70. The van der Waals surface area contributed by atoms with E-state index in [0.29, 0.717) is 19.5 Å². The largest absolute Gasteiger partial charge is 0.343 e. The maximum atomic E-state index is 11.5. The first-order valence-electron chi connectivity index (χ1n) is 5.69. The molecule has 0 fully saturated rings. The maximum absolute atomic E-state index is 11.5. The van der Waals surface area contributed by atoms with Gasteiger partial charge in [-0.15, -0.1) is 0 Å². The van der Waals surface area contributed by atoms with Gasteiger partial charge in [-0.1, -0.05) is 30.3 Å². The van der Waals surface area contributed by atoms with Crippen LogP contribution in [0.3, 0.4) is 0 Å². The summed E-state index contributed by atoms with van der Waals surface area (Å²) in [6.07, 6.45) is 1.44. The summed E-state index contributed by atoms with van der Waals surface area (Å²) in [7, 11) is 0. The van der Waals surface area contributed by atoms with E-state index in [1.54, 1.807) is 4.57 Å². The van der Waals surface area contributed by atoms with E-state index in [0.717, 1.165) is 12.2 Å². The summed E-state index contributed by atoms with van der Waals surface area (Å²) in [6, 6.07) is 10.1. The minimum atomic E-state index is -0.163. The Bertz CT molecular complexity index is 515. The molecule has 0 aliphatic carbocycles.